The molecular weight excluding hydrogens is 276 g/mol. The molecule has 1 aromatic carbocycles. The van der Waals surface area contributed by atoms with Crippen molar-refractivity contribution in [2.24, 2.45) is 10.7 Å². The van der Waals surface area contributed by atoms with Gasteiger partial charge in [-0.05, 0) is 31.9 Å². The van der Waals surface area contributed by atoms with E-state index in [0.717, 1.165) is 39.2 Å². The van der Waals surface area contributed by atoms with E-state index < -0.39 is 0 Å². The van der Waals surface area contributed by atoms with Gasteiger partial charge < -0.3 is 20.3 Å². The molecule has 2 atom stereocenters. The largest absolute Gasteiger partial charge is 0.375 e. The van der Waals surface area contributed by atoms with Crippen molar-refractivity contribution in [2.45, 2.75) is 32.4 Å². The Balaban J connectivity index is 1.60. The minimum absolute atomic E-state index is 0.227. The Kier molecular flexibility index (Phi) is 4.52. The number of aliphatic imine (C=N–C) groups is 1. The number of anilines is 1. The fraction of sp³-hybridized carbons (Fsp3) is 0.588. The first-order valence-corrected chi connectivity index (χ1v) is 8.16. The second kappa shape index (κ2) is 6.57. The van der Waals surface area contributed by atoms with Crippen LogP contribution >= 0.6 is 0 Å². The van der Waals surface area contributed by atoms with Crippen LogP contribution in [0.5, 0.6) is 0 Å². The Morgan fingerprint density at radius 2 is 2.23 bits per heavy atom. The molecule has 1 aromatic rings. The lowest BCUT2D eigenvalue weighted by molar-refractivity contribution is 0.00529. The quantitative estimate of drug-likeness (QED) is 0.679. The lowest BCUT2D eigenvalue weighted by Crippen LogP contribution is -2.48. The molecule has 0 radical (unpaired) electrons. The molecule has 0 saturated carbocycles. The van der Waals surface area contributed by atoms with E-state index in [4.69, 9.17) is 10.5 Å². The summed E-state index contributed by atoms with van der Waals surface area (Å²) < 4.78 is 5.54. The van der Waals surface area contributed by atoms with Gasteiger partial charge in [0.05, 0.1) is 19.3 Å². The van der Waals surface area contributed by atoms with E-state index in [1.54, 1.807) is 0 Å². The van der Waals surface area contributed by atoms with Crippen LogP contribution in [0.15, 0.2) is 29.3 Å². The van der Waals surface area contributed by atoms with Crippen LogP contribution in [0, 0.1) is 0 Å². The average Bonchev–Trinajstić information content (AvgIpc) is 2.96. The van der Waals surface area contributed by atoms with Crippen molar-refractivity contribution in [3.8, 4) is 0 Å². The highest BCUT2D eigenvalue weighted by Crippen LogP contribution is 2.29. The third-order valence-corrected chi connectivity index (χ3v) is 4.54. The lowest BCUT2D eigenvalue weighted by atomic mass is 10.2. The number of fused-ring (bicyclic) bond motifs is 1. The summed E-state index contributed by atoms with van der Waals surface area (Å²) in [5, 5.41) is 0. The molecule has 3 rings (SSSR count). The maximum absolute atomic E-state index is 6.15. The highest BCUT2D eigenvalue weighted by Gasteiger charge is 2.23. The molecule has 2 unspecified atom stereocenters. The van der Waals surface area contributed by atoms with Crippen LogP contribution < -0.4 is 10.6 Å². The first-order valence-electron chi connectivity index (χ1n) is 8.16. The summed E-state index contributed by atoms with van der Waals surface area (Å²) in [6.45, 7) is 8.49. The van der Waals surface area contributed by atoms with Gasteiger partial charge >= 0.3 is 0 Å². The zero-order valence-electron chi connectivity index (χ0n) is 13.5. The number of rotatable bonds is 3. The SMILES string of the molecule is CC1CN(C(N)=NCC(C)N2CCc3ccccc32)CCO1. The first kappa shape index (κ1) is 15.2. The van der Waals surface area contributed by atoms with Crippen LogP contribution in [0.3, 0.4) is 0 Å². The third-order valence-electron chi connectivity index (χ3n) is 4.54. The summed E-state index contributed by atoms with van der Waals surface area (Å²) in [6, 6.07) is 9.00. The molecule has 0 aliphatic carbocycles. The fourth-order valence-corrected chi connectivity index (χ4v) is 3.27. The summed E-state index contributed by atoms with van der Waals surface area (Å²) in [5.74, 6) is 0.648. The van der Waals surface area contributed by atoms with Crippen molar-refractivity contribution >= 4 is 11.6 Å². The van der Waals surface area contributed by atoms with Gasteiger partial charge in [-0.3, -0.25) is 4.99 Å². The van der Waals surface area contributed by atoms with Gasteiger partial charge in [-0.1, -0.05) is 18.2 Å². The summed E-state index contributed by atoms with van der Waals surface area (Å²) in [6.07, 6.45) is 1.35. The van der Waals surface area contributed by atoms with Crippen molar-refractivity contribution in [2.75, 3.05) is 37.7 Å². The van der Waals surface area contributed by atoms with Crippen LogP contribution in [0.4, 0.5) is 5.69 Å². The fourth-order valence-electron chi connectivity index (χ4n) is 3.27. The van der Waals surface area contributed by atoms with Gasteiger partial charge in [0.25, 0.3) is 0 Å². The highest BCUT2D eigenvalue weighted by molar-refractivity contribution is 5.78. The number of nitrogens with zero attached hydrogens (tertiary/aromatic N) is 3. The predicted octanol–water partition coefficient (Wildman–Crippen LogP) is 1.47. The van der Waals surface area contributed by atoms with Crippen LogP contribution in [-0.4, -0.2) is 55.8 Å². The second-order valence-electron chi connectivity index (χ2n) is 6.25. The van der Waals surface area contributed by atoms with E-state index in [9.17, 15) is 0 Å². The monoisotopic (exact) mass is 302 g/mol. The maximum atomic E-state index is 6.15. The molecule has 0 spiro atoms. The molecule has 0 amide bonds. The van der Waals surface area contributed by atoms with Gasteiger partial charge in [0.1, 0.15) is 0 Å². The molecule has 2 N–H and O–H groups in total. The molecule has 120 valence electrons. The van der Waals surface area contributed by atoms with Gasteiger partial charge in [0.15, 0.2) is 5.96 Å². The Hall–Kier alpha value is -1.75. The third kappa shape index (κ3) is 3.19. The molecule has 2 heterocycles. The van der Waals surface area contributed by atoms with Gasteiger partial charge in [0, 0.05) is 31.4 Å². The van der Waals surface area contributed by atoms with Crippen LogP contribution in [-0.2, 0) is 11.2 Å². The number of benzene rings is 1. The Bertz CT molecular complexity index is 545. The predicted molar refractivity (Wildman–Crippen MR) is 90.4 cm³/mol. The zero-order valence-corrected chi connectivity index (χ0v) is 13.5. The van der Waals surface area contributed by atoms with Crippen LogP contribution in [0.25, 0.3) is 0 Å². The van der Waals surface area contributed by atoms with Crippen molar-refractivity contribution in [1.29, 1.82) is 0 Å². The summed E-state index contributed by atoms with van der Waals surface area (Å²) in [4.78, 5) is 9.19. The molecule has 2 aliphatic heterocycles. The number of hydrogen-bond donors (Lipinski definition) is 1. The van der Waals surface area contributed by atoms with Gasteiger partial charge in [0.2, 0.25) is 0 Å². The minimum Gasteiger partial charge on any atom is -0.375 e. The Labute approximate surface area is 132 Å². The molecule has 22 heavy (non-hydrogen) atoms. The number of ether oxygens (including phenoxy) is 1. The van der Waals surface area contributed by atoms with Crippen molar-refractivity contribution < 1.29 is 4.74 Å². The van der Waals surface area contributed by atoms with Crippen molar-refractivity contribution in [1.82, 2.24) is 4.90 Å². The molecule has 1 saturated heterocycles. The highest BCUT2D eigenvalue weighted by atomic mass is 16.5. The van der Waals surface area contributed by atoms with Crippen molar-refractivity contribution in [3.63, 3.8) is 0 Å². The van der Waals surface area contributed by atoms with Gasteiger partial charge in [-0.2, -0.15) is 0 Å². The maximum Gasteiger partial charge on any atom is 0.191 e. The van der Waals surface area contributed by atoms with E-state index in [1.807, 2.05) is 0 Å². The zero-order chi connectivity index (χ0) is 15.5. The summed E-state index contributed by atoms with van der Waals surface area (Å²) in [5.41, 5.74) is 8.94. The normalized spacial score (nSPS) is 23.5. The van der Waals surface area contributed by atoms with E-state index in [-0.39, 0.29) is 6.10 Å². The molecule has 0 bridgehead atoms. The number of guanidine groups is 1. The Morgan fingerprint density at radius 1 is 1.41 bits per heavy atom. The smallest absolute Gasteiger partial charge is 0.191 e. The molecule has 5 heteroatoms. The standard InChI is InChI=1S/C17H26N4O/c1-13(21-8-7-15-5-3-4-6-16(15)21)11-19-17(18)20-9-10-22-14(2)12-20/h3-6,13-14H,7-12H2,1-2H3,(H2,18,19). The number of morpholine rings is 1. The Morgan fingerprint density at radius 3 is 3.05 bits per heavy atom. The van der Waals surface area contributed by atoms with Crippen LogP contribution in [0.2, 0.25) is 0 Å². The van der Waals surface area contributed by atoms with Crippen molar-refractivity contribution in [3.05, 3.63) is 29.8 Å². The van der Waals surface area contributed by atoms with Gasteiger partial charge in [-0.15, -0.1) is 0 Å². The van der Waals surface area contributed by atoms with E-state index in [1.165, 1.54) is 11.3 Å². The lowest BCUT2D eigenvalue weighted by Gasteiger charge is -2.32. The van der Waals surface area contributed by atoms with E-state index in [0.29, 0.717) is 12.0 Å². The van der Waals surface area contributed by atoms with E-state index >= 15 is 0 Å². The number of hydrogen-bond acceptors (Lipinski definition) is 3. The summed E-state index contributed by atoms with van der Waals surface area (Å²) >= 11 is 0. The molecule has 1 fully saturated rings. The van der Waals surface area contributed by atoms with E-state index in [2.05, 4.69) is 52.9 Å². The minimum atomic E-state index is 0.227. The number of nitrogens with two attached hydrogens (primary N) is 1. The molecular formula is C17H26N4O. The molecule has 2 aliphatic rings. The number of para-hydroxylation sites is 1. The first-order chi connectivity index (χ1) is 10.6. The van der Waals surface area contributed by atoms with Crippen LogP contribution in [0.1, 0.15) is 19.4 Å². The topological polar surface area (TPSA) is 54.1 Å². The average molecular weight is 302 g/mol. The molecule has 0 aromatic heterocycles. The molecule has 5 nitrogen and oxygen atoms in total. The summed E-state index contributed by atoms with van der Waals surface area (Å²) in [7, 11) is 0. The second-order valence-corrected chi connectivity index (χ2v) is 6.25. The van der Waals surface area contributed by atoms with Gasteiger partial charge in [-0.25, -0.2) is 0 Å².